The number of amides is 4. The molecule has 3 rings (SSSR count). The standard InChI is InChI=1S/C29H29N3O6/c1-3-20-37-28(34)31(19-18-23-10-6-4-7-11-23)27(33)32(26-16-14-25(15-17-26)22(2)30-36)29(35)38-21-24-12-8-5-9-13-24/h3-17,36H,1,18-21H2,2H3. The third-order valence-corrected chi connectivity index (χ3v) is 5.52. The number of imide groups is 2. The summed E-state index contributed by atoms with van der Waals surface area (Å²) in [7, 11) is 0. The topological polar surface area (TPSA) is 109 Å². The zero-order chi connectivity index (χ0) is 27.3. The third kappa shape index (κ3) is 7.54. The lowest BCUT2D eigenvalue weighted by Gasteiger charge is -2.27. The van der Waals surface area contributed by atoms with Crippen LogP contribution in [0.25, 0.3) is 0 Å². The van der Waals surface area contributed by atoms with E-state index in [4.69, 9.17) is 14.7 Å². The molecule has 9 nitrogen and oxygen atoms in total. The van der Waals surface area contributed by atoms with Gasteiger partial charge in [-0.25, -0.2) is 19.3 Å². The molecule has 196 valence electrons. The number of hydrogen-bond acceptors (Lipinski definition) is 7. The Bertz CT molecular complexity index is 1260. The van der Waals surface area contributed by atoms with Crippen molar-refractivity contribution in [2.75, 3.05) is 18.1 Å². The van der Waals surface area contributed by atoms with Crippen molar-refractivity contribution in [2.45, 2.75) is 20.0 Å². The van der Waals surface area contributed by atoms with Crippen molar-refractivity contribution in [3.63, 3.8) is 0 Å². The summed E-state index contributed by atoms with van der Waals surface area (Å²) in [5.74, 6) is 0. The van der Waals surface area contributed by atoms with Crippen LogP contribution in [0.5, 0.6) is 0 Å². The van der Waals surface area contributed by atoms with E-state index < -0.39 is 18.2 Å². The number of urea groups is 1. The molecule has 0 aromatic heterocycles. The summed E-state index contributed by atoms with van der Waals surface area (Å²) in [4.78, 5) is 41.6. The van der Waals surface area contributed by atoms with E-state index >= 15 is 0 Å². The summed E-state index contributed by atoms with van der Waals surface area (Å²) in [6, 6.07) is 23.5. The van der Waals surface area contributed by atoms with E-state index in [0.29, 0.717) is 17.7 Å². The van der Waals surface area contributed by atoms with Gasteiger partial charge >= 0.3 is 18.2 Å². The Balaban J connectivity index is 1.92. The van der Waals surface area contributed by atoms with E-state index in [-0.39, 0.29) is 25.4 Å². The van der Waals surface area contributed by atoms with Gasteiger partial charge in [-0.3, -0.25) is 0 Å². The molecular weight excluding hydrogens is 486 g/mol. The van der Waals surface area contributed by atoms with Gasteiger partial charge in [0.25, 0.3) is 0 Å². The summed E-state index contributed by atoms with van der Waals surface area (Å²) in [6.45, 7) is 4.90. The first-order valence-corrected chi connectivity index (χ1v) is 11.9. The van der Waals surface area contributed by atoms with E-state index in [2.05, 4.69) is 11.7 Å². The Morgan fingerprint density at radius 1 is 0.868 bits per heavy atom. The maximum Gasteiger partial charge on any atom is 0.423 e. The number of nitrogens with zero attached hydrogens (tertiary/aromatic N) is 3. The zero-order valence-corrected chi connectivity index (χ0v) is 21.0. The molecule has 0 saturated heterocycles. The zero-order valence-electron chi connectivity index (χ0n) is 21.0. The fourth-order valence-corrected chi connectivity index (χ4v) is 3.47. The van der Waals surface area contributed by atoms with E-state index in [1.54, 1.807) is 43.3 Å². The Hall–Kier alpha value is -4.92. The minimum atomic E-state index is -0.972. The maximum absolute atomic E-state index is 13.8. The van der Waals surface area contributed by atoms with E-state index in [9.17, 15) is 14.4 Å². The first-order valence-electron chi connectivity index (χ1n) is 11.9. The summed E-state index contributed by atoms with van der Waals surface area (Å²) in [6.07, 6.45) is -0.173. The average Bonchev–Trinajstić information content (AvgIpc) is 2.96. The van der Waals surface area contributed by atoms with Crippen molar-refractivity contribution in [2.24, 2.45) is 5.16 Å². The molecule has 0 heterocycles. The van der Waals surface area contributed by atoms with E-state index in [1.807, 2.05) is 36.4 Å². The smallest absolute Gasteiger partial charge is 0.423 e. The first-order chi connectivity index (χ1) is 18.4. The maximum atomic E-state index is 13.8. The molecule has 4 amide bonds. The van der Waals surface area contributed by atoms with Crippen LogP contribution in [-0.2, 0) is 22.5 Å². The predicted molar refractivity (Wildman–Crippen MR) is 143 cm³/mol. The number of benzene rings is 3. The largest absolute Gasteiger partial charge is 0.445 e. The molecule has 0 saturated carbocycles. The summed E-state index contributed by atoms with van der Waals surface area (Å²) in [5, 5.41) is 12.2. The number of carbonyl (C=O) groups excluding carboxylic acids is 3. The van der Waals surface area contributed by atoms with Gasteiger partial charge in [0.05, 0.1) is 11.4 Å². The molecule has 3 aromatic rings. The van der Waals surface area contributed by atoms with Crippen LogP contribution >= 0.6 is 0 Å². The summed E-state index contributed by atoms with van der Waals surface area (Å²) in [5.41, 5.74) is 2.70. The van der Waals surface area contributed by atoms with Gasteiger partial charge in [-0.05, 0) is 42.2 Å². The van der Waals surface area contributed by atoms with Crippen LogP contribution in [0.2, 0.25) is 0 Å². The van der Waals surface area contributed by atoms with E-state index in [1.165, 1.54) is 18.2 Å². The monoisotopic (exact) mass is 515 g/mol. The van der Waals surface area contributed by atoms with Gasteiger partial charge < -0.3 is 14.7 Å². The molecule has 1 N–H and O–H groups in total. The van der Waals surface area contributed by atoms with Crippen molar-refractivity contribution in [3.8, 4) is 0 Å². The van der Waals surface area contributed by atoms with Gasteiger partial charge in [0.1, 0.15) is 13.2 Å². The van der Waals surface area contributed by atoms with Crippen LogP contribution < -0.4 is 4.90 Å². The second kappa shape index (κ2) is 14.0. The molecule has 9 heteroatoms. The minimum Gasteiger partial charge on any atom is -0.445 e. The number of anilines is 1. The fraction of sp³-hybridized carbons (Fsp3) is 0.172. The number of hydrogen-bond donors (Lipinski definition) is 1. The van der Waals surface area contributed by atoms with Crippen molar-refractivity contribution in [1.29, 1.82) is 0 Å². The molecule has 0 aliphatic carbocycles. The lowest BCUT2D eigenvalue weighted by Crippen LogP contribution is -2.50. The first kappa shape index (κ1) is 27.7. The van der Waals surface area contributed by atoms with E-state index in [0.717, 1.165) is 20.9 Å². The lowest BCUT2D eigenvalue weighted by atomic mass is 10.1. The number of oxime groups is 1. The summed E-state index contributed by atoms with van der Waals surface area (Å²) >= 11 is 0. The highest BCUT2D eigenvalue weighted by molar-refractivity contribution is 6.15. The molecule has 0 bridgehead atoms. The summed E-state index contributed by atoms with van der Waals surface area (Å²) < 4.78 is 10.6. The van der Waals surface area contributed by atoms with Crippen LogP contribution in [0.15, 0.2) is 103 Å². The van der Waals surface area contributed by atoms with Crippen LogP contribution in [0.1, 0.15) is 23.6 Å². The van der Waals surface area contributed by atoms with Crippen molar-refractivity contribution in [1.82, 2.24) is 4.90 Å². The number of rotatable bonds is 9. The average molecular weight is 516 g/mol. The predicted octanol–water partition coefficient (Wildman–Crippen LogP) is 6.02. The molecule has 0 spiro atoms. The van der Waals surface area contributed by atoms with Crippen molar-refractivity contribution < 1.29 is 29.1 Å². The van der Waals surface area contributed by atoms with Crippen LogP contribution in [0, 0.1) is 0 Å². The molecule has 38 heavy (non-hydrogen) atoms. The minimum absolute atomic E-state index is 0.0460. The Morgan fingerprint density at radius 3 is 2.05 bits per heavy atom. The highest BCUT2D eigenvalue weighted by Crippen LogP contribution is 2.21. The van der Waals surface area contributed by atoms with Gasteiger partial charge in [-0.1, -0.05) is 90.6 Å². The van der Waals surface area contributed by atoms with Gasteiger partial charge in [0.2, 0.25) is 0 Å². The van der Waals surface area contributed by atoms with Crippen LogP contribution in [0.3, 0.4) is 0 Å². The second-order valence-electron chi connectivity index (χ2n) is 8.14. The molecule has 0 atom stereocenters. The van der Waals surface area contributed by atoms with Gasteiger partial charge in [0.15, 0.2) is 0 Å². The van der Waals surface area contributed by atoms with Gasteiger partial charge in [0, 0.05) is 6.54 Å². The third-order valence-electron chi connectivity index (χ3n) is 5.52. The van der Waals surface area contributed by atoms with Crippen LogP contribution in [0.4, 0.5) is 20.1 Å². The van der Waals surface area contributed by atoms with Crippen LogP contribution in [-0.4, -0.2) is 47.2 Å². The highest BCUT2D eigenvalue weighted by Gasteiger charge is 2.34. The van der Waals surface area contributed by atoms with Gasteiger partial charge in [-0.15, -0.1) is 0 Å². The molecular formula is C29H29N3O6. The van der Waals surface area contributed by atoms with Crippen molar-refractivity contribution in [3.05, 3.63) is 114 Å². The quantitative estimate of drug-likeness (QED) is 0.162. The Kier molecular flexibility index (Phi) is 10.2. The van der Waals surface area contributed by atoms with Gasteiger partial charge in [-0.2, -0.15) is 4.90 Å². The lowest BCUT2D eigenvalue weighted by molar-refractivity contribution is 0.118. The van der Waals surface area contributed by atoms with Crippen molar-refractivity contribution >= 4 is 29.6 Å². The number of carbonyl (C=O) groups is 3. The second-order valence-corrected chi connectivity index (χ2v) is 8.14. The number of ether oxygens (including phenoxy) is 2. The molecule has 0 aliphatic heterocycles. The SMILES string of the molecule is C=CCOC(=O)N(CCc1ccccc1)C(=O)N(C(=O)OCc1ccccc1)c1ccc(C(C)=NO)cc1. The molecule has 0 fully saturated rings. The molecule has 0 aliphatic rings. The molecule has 0 radical (unpaired) electrons. The molecule has 3 aromatic carbocycles. The fourth-order valence-electron chi connectivity index (χ4n) is 3.47. The highest BCUT2D eigenvalue weighted by atomic mass is 16.6. The Morgan fingerprint density at radius 2 is 1.47 bits per heavy atom. The Labute approximate surface area is 221 Å². The molecule has 0 unspecified atom stereocenters. The normalized spacial score (nSPS) is 10.8.